The van der Waals surface area contributed by atoms with Crippen LogP contribution in [0, 0.1) is 0 Å². The molecule has 1 aromatic rings. The van der Waals surface area contributed by atoms with Crippen molar-refractivity contribution in [2.24, 2.45) is 0 Å². The lowest BCUT2D eigenvalue weighted by Crippen LogP contribution is -2.39. The molecule has 1 aromatic heterocycles. The van der Waals surface area contributed by atoms with Gasteiger partial charge < -0.3 is 24.4 Å². The Morgan fingerprint density at radius 3 is 2.81 bits per heavy atom. The van der Waals surface area contributed by atoms with Gasteiger partial charge in [0, 0.05) is 18.7 Å². The molecule has 2 rings (SSSR count). The summed E-state index contributed by atoms with van der Waals surface area (Å²) in [5.74, 6) is -1.67. The number of ether oxygens (including phenoxy) is 2. The van der Waals surface area contributed by atoms with Gasteiger partial charge in [0.2, 0.25) is 0 Å². The van der Waals surface area contributed by atoms with Gasteiger partial charge in [0.25, 0.3) is 5.56 Å². The zero-order valence-corrected chi connectivity index (χ0v) is 11.9. The summed E-state index contributed by atoms with van der Waals surface area (Å²) in [6, 6.07) is 1.11. The summed E-state index contributed by atoms with van der Waals surface area (Å²) in [6.45, 7) is 1.31. The molecule has 1 fully saturated rings. The van der Waals surface area contributed by atoms with Crippen molar-refractivity contribution >= 4 is 7.60 Å². The number of H-pyrrole nitrogens is 1. The summed E-state index contributed by atoms with van der Waals surface area (Å²) in [5.41, 5.74) is -1.30. The summed E-state index contributed by atoms with van der Waals surface area (Å²) in [6.07, 6.45) is -1.89. The van der Waals surface area contributed by atoms with Crippen molar-refractivity contribution in [2.45, 2.75) is 31.5 Å². The molecule has 10 nitrogen and oxygen atoms in total. The molecular weight excluding hydrogens is 307 g/mol. The first-order chi connectivity index (χ1) is 9.61. The van der Waals surface area contributed by atoms with Gasteiger partial charge in [-0.05, 0) is 6.92 Å². The Morgan fingerprint density at radius 2 is 2.24 bits per heavy atom. The van der Waals surface area contributed by atoms with E-state index in [2.05, 4.69) is 0 Å². The van der Waals surface area contributed by atoms with Crippen LogP contribution in [0.5, 0.6) is 0 Å². The Bertz CT molecular complexity index is 678. The van der Waals surface area contributed by atoms with E-state index in [-0.39, 0.29) is 6.42 Å². The first-order valence-corrected chi connectivity index (χ1v) is 7.76. The highest BCUT2D eigenvalue weighted by Gasteiger charge is 2.47. The molecule has 118 valence electrons. The minimum atomic E-state index is -4.42. The van der Waals surface area contributed by atoms with Crippen LogP contribution in [-0.2, 0) is 14.0 Å². The topological polar surface area (TPSA) is 151 Å². The number of aromatic amines is 1. The quantitative estimate of drug-likeness (QED) is 0.498. The first kappa shape index (κ1) is 16.1. The summed E-state index contributed by atoms with van der Waals surface area (Å²) in [5, 5.41) is 9.93. The van der Waals surface area contributed by atoms with Gasteiger partial charge in [-0.1, -0.05) is 0 Å². The number of rotatable bonds is 4. The van der Waals surface area contributed by atoms with E-state index in [0.717, 1.165) is 10.6 Å². The Morgan fingerprint density at radius 1 is 1.57 bits per heavy atom. The van der Waals surface area contributed by atoms with Crippen LogP contribution < -0.4 is 11.2 Å². The average Bonchev–Trinajstić information content (AvgIpc) is 2.63. The molecule has 0 bridgehead atoms. The highest BCUT2D eigenvalue weighted by atomic mass is 31.2. The summed E-state index contributed by atoms with van der Waals surface area (Å²) < 4.78 is 22.2. The van der Waals surface area contributed by atoms with Crippen molar-refractivity contribution in [3.63, 3.8) is 0 Å². The van der Waals surface area contributed by atoms with Gasteiger partial charge in [0.15, 0.2) is 12.1 Å². The number of hydrogen-bond acceptors (Lipinski definition) is 6. The molecule has 0 radical (unpaired) electrons. The second-order valence-corrected chi connectivity index (χ2v) is 6.38. The van der Waals surface area contributed by atoms with Gasteiger partial charge >= 0.3 is 13.3 Å². The predicted molar refractivity (Wildman–Crippen MR) is 68.5 cm³/mol. The molecule has 0 aromatic carbocycles. The molecule has 0 amide bonds. The maximum Gasteiger partial charge on any atom is 0.351 e. The van der Waals surface area contributed by atoms with E-state index in [1.165, 1.54) is 13.1 Å². The van der Waals surface area contributed by atoms with Crippen LogP contribution in [0.2, 0.25) is 0 Å². The van der Waals surface area contributed by atoms with Crippen LogP contribution in [0.15, 0.2) is 21.9 Å². The van der Waals surface area contributed by atoms with Gasteiger partial charge in [0.05, 0.1) is 0 Å². The van der Waals surface area contributed by atoms with E-state index < -0.39 is 43.3 Å². The Labute approximate surface area is 118 Å². The lowest BCUT2D eigenvalue weighted by molar-refractivity contribution is -0.248. The number of nitrogens with one attached hydrogen (secondary N) is 1. The molecular formula is C10H15N2O8P. The van der Waals surface area contributed by atoms with Crippen molar-refractivity contribution in [1.29, 1.82) is 0 Å². The van der Waals surface area contributed by atoms with Crippen LogP contribution in [-0.4, -0.2) is 42.7 Å². The number of aromatic nitrogens is 2. The molecule has 1 aliphatic heterocycles. The van der Waals surface area contributed by atoms with Crippen LogP contribution >= 0.6 is 7.60 Å². The maximum atomic E-state index is 11.6. The molecule has 21 heavy (non-hydrogen) atoms. The van der Waals surface area contributed by atoms with Crippen molar-refractivity contribution < 1.29 is 28.9 Å². The van der Waals surface area contributed by atoms with Crippen LogP contribution in [0.4, 0.5) is 0 Å². The first-order valence-electron chi connectivity index (χ1n) is 5.97. The standard InChI is InChI=1S/C10H15N2O8P/c1-10(19-5-21(16,17)18)6(13)4-8(20-10)12-3-2-7(14)11-9(12)15/h2-3,6,8,13H,4-5H2,1H3,(H,11,14,15)(H2,16,17,18)/t6-,8+,10+/m0/s1. The predicted octanol–water partition coefficient (Wildman–Crippen LogP) is -1.32. The normalized spacial score (nSPS) is 29.7. The molecule has 11 heteroatoms. The zero-order chi connectivity index (χ0) is 15.8. The van der Waals surface area contributed by atoms with E-state index >= 15 is 0 Å². The lowest BCUT2D eigenvalue weighted by Gasteiger charge is -2.28. The third-order valence-corrected chi connectivity index (χ3v) is 3.55. The third-order valence-electron chi connectivity index (χ3n) is 3.08. The maximum absolute atomic E-state index is 11.6. The summed E-state index contributed by atoms with van der Waals surface area (Å²) in [7, 11) is -4.42. The van der Waals surface area contributed by atoms with Crippen molar-refractivity contribution in [3.05, 3.63) is 33.1 Å². The van der Waals surface area contributed by atoms with Crippen molar-refractivity contribution in [3.8, 4) is 0 Å². The fourth-order valence-corrected chi connectivity index (χ4v) is 2.39. The minimum absolute atomic E-state index is 0.0381. The Balaban J connectivity index is 2.18. The van der Waals surface area contributed by atoms with Crippen molar-refractivity contribution in [1.82, 2.24) is 9.55 Å². The van der Waals surface area contributed by atoms with Gasteiger partial charge in [0.1, 0.15) is 12.3 Å². The van der Waals surface area contributed by atoms with Crippen molar-refractivity contribution in [2.75, 3.05) is 6.35 Å². The average molecular weight is 322 g/mol. The van der Waals surface area contributed by atoms with Gasteiger partial charge in [-0.25, -0.2) is 4.79 Å². The monoisotopic (exact) mass is 322 g/mol. The number of aliphatic hydroxyl groups is 1. The minimum Gasteiger partial charge on any atom is -0.387 e. The van der Waals surface area contributed by atoms with E-state index in [9.17, 15) is 19.3 Å². The highest BCUT2D eigenvalue weighted by Crippen LogP contribution is 2.41. The highest BCUT2D eigenvalue weighted by molar-refractivity contribution is 7.51. The Hall–Kier alpha value is -1.29. The third kappa shape index (κ3) is 3.67. The van der Waals surface area contributed by atoms with Gasteiger partial charge in [-0.2, -0.15) is 0 Å². The fourth-order valence-electron chi connectivity index (χ4n) is 1.97. The van der Waals surface area contributed by atoms with E-state index in [1.807, 2.05) is 4.98 Å². The number of hydrogen-bond donors (Lipinski definition) is 4. The molecule has 1 saturated heterocycles. The number of nitrogens with zero attached hydrogens (tertiary/aromatic N) is 1. The zero-order valence-electron chi connectivity index (χ0n) is 11.0. The second kappa shape index (κ2) is 5.48. The van der Waals surface area contributed by atoms with Gasteiger partial charge in [-0.3, -0.25) is 18.9 Å². The molecule has 0 spiro atoms. The smallest absolute Gasteiger partial charge is 0.351 e. The molecule has 4 N–H and O–H groups in total. The van der Waals surface area contributed by atoms with E-state index in [4.69, 9.17) is 19.3 Å². The molecule has 0 unspecified atom stereocenters. The molecule has 0 aliphatic carbocycles. The Kier molecular flexibility index (Phi) is 4.20. The van der Waals surface area contributed by atoms with Gasteiger partial charge in [-0.15, -0.1) is 0 Å². The summed E-state index contributed by atoms with van der Waals surface area (Å²) >= 11 is 0. The van der Waals surface area contributed by atoms with E-state index in [1.54, 1.807) is 0 Å². The van der Waals surface area contributed by atoms with Crippen LogP contribution in [0.25, 0.3) is 0 Å². The van der Waals surface area contributed by atoms with Crippen LogP contribution in [0.1, 0.15) is 19.6 Å². The molecule has 1 aliphatic rings. The SMILES string of the molecule is C[C@@]1(OCP(=O)(O)O)O[C@@H](n2ccc(=O)[nH]c2=O)C[C@@H]1O. The number of aliphatic hydroxyl groups excluding tert-OH is 1. The van der Waals surface area contributed by atoms with E-state index in [0.29, 0.717) is 0 Å². The molecule has 3 atom stereocenters. The largest absolute Gasteiger partial charge is 0.387 e. The van der Waals surface area contributed by atoms with Crippen LogP contribution in [0.3, 0.4) is 0 Å². The second-order valence-electron chi connectivity index (χ2n) is 4.80. The lowest BCUT2D eigenvalue weighted by atomic mass is 10.1. The molecule has 0 saturated carbocycles. The summed E-state index contributed by atoms with van der Waals surface area (Å²) in [4.78, 5) is 42.3. The molecule has 2 heterocycles. The fraction of sp³-hybridized carbons (Fsp3) is 0.600.